The third-order valence-electron chi connectivity index (χ3n) is 2.89. The van der Waals surface area contributed by atoms with E-state index in [1.165, 1.54) is 6.20 Å². The standard InChI is InChI=1S/C11H18ClN3/c1-8(2)11(3,4)7-14-10-6-13-5-9(12)15-10/h5-6,8H,7H2,1-4H3,(H,14,15). The quantitative estimate of drug-likeness (QED) is 0.858. The van der Waals surface area contributed by atoms with Crippen molar-refractivity contribution in [2.45, 2.75) is 27.7 Å². The van der Waals surface area contributed by atoms with E-state index < -0.39 is 0 Å². The molecular weight excluding hydrogens is 210 g/mol. The molecule has 15 heavy (non-hydrogen) atoms. The molecule has 0 unspecified atom stereocenters. The largest absolute Gasteiger partial charge is 0.368 e. The smallest absolute Gasteiger partial charge is 0.149 e. The number of aromatic nitrogens is 2. The Kier molecular flexibility index (Phi) is 3.91. The van der Waals surface area contributed by atoms with Crippen molar-refractivity contribution in [2.75, 3.05) is 11.9 Å². The summed E-state index contributed by atoms with van der Waals surface area (Å²) in [7, 11) is 0. The summed E-state index contributed by atoms with van der Waals surface area (Å²) in [5.41, 5.74) is 0.226. The Labute approximate surface area is 96.3 Å². The van der Waals surface area contributed by atoms with Crippen molar-refractivity contribution in [1.82, 2.24) is 9.97 Å². The van der Waals surface area contributed by atoms with Gasteiger partial charge in [0.05, 0.1) is 12.4 Å². The van der Waals surface area contributed by atoms with Crippen LogP contribution in [-0.2, 0) is 0 Å². The molecule has 1 N–H and O–H groups in total. The number of hydrogen-bond acceptors (Lipinski definition) is 3. The molecule has 0 bridgehead atoms. The van der Waals surface area contributed by atoms with E-state index in [1.54, 1.807) is 6.20 Å². The molecule has 1 aromatic rings. The lowest BCUT2D eigenvalue weighted by Crippen LogP contribution is -2.28. The zero-order valence-corrected chi connectivity index (χ0v) is 10.5. The SMILES string of the molecule is CC(C)C(C)(C)CNc1cncc(Cl)n1. The minimum atomic E-state index is 0.226. The number of anilines is 1. The highest BCUT2D eigenvalue weighted by molar-refractivity contribution is 6.29. The molecule has 0 saturated heterocycles. The highest BCUT2D eigenvalue weighted by Crippen LogP contribution is 2.26. The van der Waals surface area contributed by atoms with Crippen LogP contribution >= 0.6 is 11.6 Å². The van der Waals surface area contributed by atoms with Gasteiger partial charge in [-0.15, -0.1) is 0 Å². The summed E-state index contributed by atoms with van der Waals surface area (Å²) in [6.07, 6.45) is 3.21. The molecule has 1 heterocycles. The molecule has 1 aromatic heterocycles. The summed E-state index contributed by atoms with van der Waals surface area (Å²) in [6, 6.07) is 0. The molecule has 0 fully saturated rings. The van der Waals surface area contributed by atoms with E-state index in [0.717, 1.165) is 12.4 Å². The highest BCUT2D eigenvalue weighted by Gasteiger charge is 2.21. The Morgan fingerprint density at radius 1 is 1.40 bits per heavy atom. The maximum absolute atomic E-state index is 5.74. The van der Waals surface area contributed by atoms with Crippen molar-refractivity contribution in [3.8, 4) is 0 Å². The summed E-state index contributed by atoms with van der Waals surface area (Å²) in [6.45, 7) is 9.74. The van der Waals surface area contributed by atoms with Crippen molar-refractivity contribution in [2.24, 2.45) is 11.3 Å². The normalized spacial score (nSPS) is 11.9. The van der Waals surface area contributed by atoms with Crippen LogP contribution in [-0.4, -0.2) is 16.5 Å². The Hall–Kier alpha value is -0.830. The van der Waals surface area contributed by atoms with E-state index >= 15 is 0 Å². The van der Waals surface area contributed by atoms with Crippen LogP contribution < -0.4 is 5.32 Å². The van der Waals surface area contributed by atoms with E-state index in [1.807, 2.05) is 0 Å². The molecule has 0 amide bonds. The Morgan fingerprint density at radius 2 is 2.07 bits per heavy atom. The van der Waals surface area contributed by atoms with Crippen LogP contribution in [0, 0.1) is 11.3 Å². The molecule has 84 valence electrons. The van der Waals surface area contributed by atoms with Gasteiger partial charge in [-0.25, -0.2) is 4.98 Å². The molecule has 0 aliphatic heterocycles. The fraction of sp³-hybridized carbons (Fsp3) is 0.636. The molecule has 3 nitrogen and oxygen atoms in total. The summed E-state index contributed by atoms with van der Waals surface area (Å²) in [5.74, 6) is 1.34. The van der Waals surface area contributed by atoms with E-state index in [4.69, 9.17) is 11.6 Å². The number of rotatable bonds is 4. The van der Waals surface area contributed by atoms with Crippen molar-refractivity contribution in [1.29, 1.82) is 0 Å². The topological polar surface area (TPSA) is 37.8 Å². The average Bonchev–Trinajstić information content (AvgIpc) is 2.15. The van der Waals surface area contributed by atoms with E-state index in [2.05, 4.69) is 43.0 Å². The van der Waals surface area contributed by atoms with Gasteiger partial charge in [0.1, 0.15) is 11.0 Å². The zero-order valence-electron chi connectivity index (χ0n) is 9.71. The summed E-state index contributed by atoms with van der Waals surface area (Å²) in [4.78, 5) is 8.10. The van der Waals surface area contributed by atoms with Gasteiger partial charge in [0.2, 0.25) is 0 Å². The second-order valence-electron chi connectivity index (χ2n) is 4.72. The zero-order chi connectivity index (χ0) is 11.5. The Morgan fingerprint density at radius 3 is 2.60 bits per heavy atom. The average molecular weight is 228 g/mol. The number of nitrogens with one attached hydrogen (secondary N) is 1. The predicted molar refractivity (Wildman–Crippen MR) is 64.2 cm³/mol. The van der Waals surface area contributed by atoms with Crippen LogP contribution in [0.2, 0.25) is 5.15 Å². The van der Waals surface area contributed by atoms with Gasteiger partial charge in [-0.05, 0) is 11.3 Å². The minimum Gasteiger partial charge on any atom is -0.368 e. The van der Waals surface area contributed by atoms with Gasteiger partial charge in [0.15, 0.2) is 0 Å². The first-order valence-electron chi connectivity index (χ1n) is 5.13. The second kappa shape index (κ2) is 4.79. The fourth-order valence-corrected chi connectivity index (χ4v) is 1.10. The number of nitrogens with zero attached hydrogens (tertiary/aromatic N) is 2. The third-order valence-corrected chi connectivity index (χ3v) is 3.08. The third kappa shape index (κ3) is 3.67. The van der Waals surface area contributed by atoms with E-state index in [9.17, 15) is 0 Å². The maximum Gasteiger partial charge on any atom is 0.149 e. The van der Waals surface area contributed by atoms with Crippen LogP contribution in [0.25, 0.3) is 0 Å². The lowest BCUT2D eigenvalue weighted by molar-refractivity contribution is 0.269. The highest BCUT2D eigenvalue weighted by atomic mass is 35.5. The van der Waals surface area contributed by atoms with Crippen molar-refractivity contribution < 1.29 is 0 Å². The summed E-state index contributed by atoms with van der Waals surface area (Å²) >= 11 is 5.74. The van der Waals surface area contributed by atoms with Crippen molar-refractivity contribution in [3.05, 3.63) is 17.5 Å². The van der Waals surface area contributed by atoms with Gasteiger partial charge in [-0.1, -0.05) is 39.3 Å². The fourth-order valence-electron chi connectivity index (χ4n) is 0.950. The predicted octanol–water partition coefficient (Wildman–Crippen LogP) is 3.22. The molecule has 0 aromatic carbocycles. The molecule has 0 spiro atoms. The van der Waals surface area contributed by atoms with Crippen LogP contribution in [0.4, 0.5) is 5.82 Å². The monoisotopic (exact) mass is 227 g/mol. The first-order valence-corrected chi connectivity index (χ1v) is 5.51. The van der Waals surface area contributed by atoms with Crippen LogP contribution in [0.1, 0.15) is 27.7 Å². The van der Waals surface area contributed by atoms with Gasteiger partial charge < -0.3 is 5.32 Å². The van der Waals surface area contributed by atoms with Gasteiger partial charge >= 0.3 is 0 Å². The van der Waals surface area contributed by atoms with Crippen LogP contribution in [0.3, 0.4) is 0 Å². The molecular formula is C11H18ClN3. The van der Waals surface area contributed by atoms with Gasteiger partial charge in [-0.2, -0.15) is 0 Å². The van der Waals surface area contributed by atoms with Crippen LogP contribution in [0.15, 0.2) is 12.4 Å². The van der Waals surface area contributed by atoms with Crippen LogP contribution in [0.5, 0.6) is 0 Å². The molecule has 0 saturated carbocycles. The van der Waals surface area contributed by atoms with E-state index in [-0.39, 0.29) is 5.41 Å². The summed E-state index contributed by atoms with van der Waals surface area (Å²) < 4.78 is 0. The Balaban J connectivity index is 2.57. The molecule has 4 heteroatoms. The Bertz CT molecular complexity index is 323. The minimum absolute atomic E-state index is 0.226. The maximum atomic E-state index is 5.74. The molecule has 0 radical (unpaired) electrons. The molecule has 1 rings (SSSR count). The summed E-state index contributed by atoms with van der Waals surface area (Å²) in [5, 5.41) is 3.67. The first-order chi connectivity index (χ1) is 6.92. The molecule has 0 aliphatic rings. The van der Waals surface area contributed by atoms with Gasteiger partial charge in [0.25, 0.3) is 0 Å². The van der Waals surface area contributed by atoms with Gasteiger partial charge in [-0.3, -0.25) is 4.98 Å². The second-order valence-corrected chi connectivity index (χ2v) is 5.11. The molecule has 0 aliphatic carbocycles. The van der Waals surface area contributed by atoms with E-state index in [0.29, 0.717) is 11.1 Å². The lowest BCUT2D eigenvalue weighted by Gasteiger charge is -2.29. The van der Waals surface area contributed by atoms with Crippen molar-refractivity contribution >= 4 is 17.4 Å². The number of halogens is 1. The first kappa shape index (κ1) is 12.2. The number of hydrogen-bond donors (Lipinski definition) is 1. The van der Waals surface area contributed by atoms with Gasteiger partial charge in [0, 0.05) is 6.54 Å². The van der Waals surface area contributed by atoms with Crippen molar-refractivity contribution in [3.63, 3.8) is 0 Å². The lowest BCUT2D eigenvalue weighted by atomic mass is 9.81. The molecule has 0 atom stereocenters.